The quantitative estimate of drug-likeness (QED) is 0.0232. The maximum absolute atomic E-state index is 12.6. The molecule has 0 aromatic rings. The van der Waals surface area contributed by atoms with Crippen LogP contribution in [-0.4, -0.2) is 59.9 Å². The smallest absolute Gasteiger partial charge is 0.472 e. The normalized spacial score (nSPS) is 14.1. The van der Waals surface area contributed by atoms with Gasteiger partial charge >= 0.3 is 25.7 Å². The number of esters is 2. The van der Waals surface area contributed by atoms with Crippen molar-refractivity contribution in [1.29, 1.82) is 0 Å². The number of carbonyl (C=O) groups is 3. The summed E-state index contributed by atoms with van der Waals surface area (Å²) in [6.07, 6.45) is 42.0. The summed E-state index contributed by atoms with van der Waals surface area (Å²) in [5.41, 5.74) is 5.33. The van der Waals surface area contributed by atoms with Gasteiger partial charge in [0.1, 0.15) is 12.6 Å². The van der Waals surface area contributed by atoms with Crippen LogP contribution < -0.4 is 5.73 Å². The van der Waals surface area contributed by atoms with Gasteiger partial charge in [-0.1, -0.05) is 147 Å². The van der Waals surface area contributed by atoms with Crippen LogP contribution in [0.5, 0.6) is 0 Å². The summed E-state index contributed by atoms with van der Waals surface area (Å²) in [5.74, 6) is -2.39. The molecule has 0 aromatic carbocycles. The van der Waals surface area contributed by atoms with Crippen LogP contribution in [0.15, 0.2) is 36.5 Å². The maximum atomic E-state index is 12.6. The molecule has 0 spiro atoms. The van der Waals surface area contributed by atoms with E-state index in [1.165, 1.54) is 89.9 Å². The van der Waals surface area contributed by atoms with E-state index in [0.29, 0.717) is 12.8 Å². The van der Waals surface area contributed by atoms with Crippen molar-refractivity contribution in [2.24, 2.45) is 5.73 Å². The highest BCUT2D eigenvalue weighted by Crippen LogP contribution is 2.43. The van der Waals surface area contributed by atoms with E-state index < -0.39 is 51.1 Å². The number of unbranched alkanes of at least 4 members (excludes halogenated alkanes) is 21. The molecule has 0 aliphatic heterocycles. The number of carboxylic acid groups (broad SMARTS) is 1. The molecule has 4 N–H and O–H groups in total. The fourth-order valence-corrected chi connectivity index (χ4v) is 6.63. The summed E-state index contributed by atoms with van der Waals surface area (Å²) in [7, 11) is -4.72. The Morgan fingerprint density at radius 3 is 1.45 bits per heavy atom. The highest BCUT2D eigenvalue weighted by Gasteiger charge is 2.28. The average Bonchev–Trinajstić information content (AvgIpc) is 3.17. The highest BCUT2D eigenvalue weighted by molar-refractivity contribution is 7.47. The van der Waals surface area contributed by atoms with Crippen molar-refractivity contribution in [1.82, 2.24) is 0 Å². The number of phosphoric acid groups is 1. The van der Waals surface area contributed by atoms with Crippen LogP contribution >= 0.6 is 7.82 Å². The zero-order chi connectivity index (χ0) is 41.4. The first kappa shape index (κ1) is 53.7. The van der Waals surface area contributed by atoms with Crippen molar-refractivity contribution in [3.05, 3.63) is 36.5 Å². The van der Waals surface area contributed by atoms with E-state index in [0.717, 1.165) is 64.2 Å². The fourth-order valence-electron chi connectivity index (χ4n) is 5.85. The Kier molecular flexibility index (Phi) is 37.9. The first-order valence-corrected chi connectivity index (χ1v) is 23.5. The van der Waals surface area contributed by atoms with Gasteiger partial charge in [0.05, 0.1) is 13.2 Å². The van der Waals surface area contributed by atoms with E-state index in [1.807, 2.05) is 0 Å². The van der Waals surface area contributed by atoms with E-state index >= 15 is 0 Å². The third-order valence-corrected chi connectivity index (χ3v) is 10.3. The number of carboxylic acids is 1. The Morgan fingerprint density at radius 2 is 0.946 bits per heavy atom. The summed E-state index contributed by atoms with van der Waals surface area (Å²) in [6, 6.07) is -1.52. The fraction of sp³-hybridized carbons (Fsp3) is 0.795. The van der Waals surface area contributed by atoms with Crippen LogP contribution in [0.1, 0.15) is 194 Å². The molecule has 0 aliphatic carbocycles. The van der Waals surface area contributed by atoms with E-state index in [2.05, 4.69) is 54.8 Å². The molecule has 0 amide bonds. The van der Waals surface area contributed by atoms with Crippen LogP contribution in [0.4, 0.5) is 0 Å². The van der Waals surface area contributed by atoms with E-state index in [9.17, 15) is 23.8 Å². The predicted molar refractivity (Wildman–Crippen MR) is 226 cm³/mol. The Morgan fingerprint density at radius 1 is 0.554 bits per heavy atom. The largest absolute Gasteiger partial charge is 0.480 e. The molecule has 0 bridgehead atoms. The standard InChI is InChI=1S/C44H80NO10P/c1-3-5-7-9-11-13-15-17-19-20-22-24-26-28-30-32-34-36-43(47)55-40(38-53-56(50,51)54-39-41(45)44(48)49)37-52-42(46)35-33-31-29-27-25-23-21-18-16-14-12-10-8-6-4-2/h11,13-14,16-17,19,40-41H,3-10,12,15,18,20-39,45H2,1-2H3,(H,48,49)(H,50,51)/b13-11-,16-14-,19-17-/t40-,41+/m1/s1. The summed E-state index contributed by atoms with van der Waals surface area (Å²) >= 11 is 0. The molecule has 0 saturated carbocycles. The van der Waals surface area contributed by atoms with Gasteiger partial charge < -0.3 is 25.2 Å². The second kappa shape index (κ2) is 39.5. The Bertz CT molecular complexity index is 1100. The molecular formula is C44H80NO10P. The molecule has 326 valence electrons. The summed E-state index contributed by atoms with van der Waals surface area (Å²) in [6.45, 7) is 2.76. The van der Waals surface area contributed by atoms with Gasteiger partial charge in [0.2, 0.25) is 0 Å². The topological polar surface area (TPSA) is 172 Å². The predicted octanol–water partition coefficient (Wildman–Crippen LogP) is 11.6. The third kappa shape index (κ3) is 38.6. The molecule has 56 heavy (non-hydrogen) atoms. The summed E-state index contributed by atoms with van der Waals surface area (Å²) < 4.78 is 32.7. The van der Waals surface area contributed by atoms with Crippen LogP contribution in [0.3, 0.4) is 0 Å². The number of hydrogen-bond acceptors (Lipinski definition) is 9. The Labute approximate surface area is 340 Å². The van der Waals surface area contributed by atoms with Crippen LogP contribution in [0.25, 0.3) is 0 Å². The minimum Gasteiger partial charge on any atom is -0.480 e. The van der Waals surface area contributed by atoms with Gasteiger partial charge in [-0.05, 0) is 70.6 Å². The van der Waals surface area contributed by atoms with Gasteiger partial charge in [-0.3, -0.25) is 23.4 Å². The van der Waals surface area contributed by atoms with E-state index in [-0.39, 0.29) is 19.4 Å². The molecule has 11 nitrogen and oxygen atoms in total. The van der Waals surface area contributed by atoms with Crippen molar-refractivity contribution >= 4 is 25.7 Å². The van der Waals surface area contributed by atoms with Gasteiger partial charge in [0.15, 0.2) is 6.10 Å². The highest BCUT2D eigenvalue weighted by atomic mass is 31.2. The van der Waals surface area contributed by atoms with Gasteiger partial charge in [-0.2, -0.15) is 0 Å². The van der Waals surface area contributed by atoms with Gasteiger partial charge in [-0.25, -0.2) is 4.57 Å². The zero-order valence-corrected chi connectivity index (χ0v) is 36.1. The summed E-state index contributed by atoms with van der Waals surface area (Å²) in [4.78, 5) is 46.0. The number of phosphoric ester groups is 1. The number of hydrogen-bond donors (Lipinski definition) is 3. The van der Waals surface area contributed by atoms with Crippen molar-refractivity contribution in [2.75, 3.05) is 19.8 Å². The monoisotopic (exact) mass is 814 g/mol. The molecule has 0 fully saturated rings. The van der Waals surface area contributed by atoms with Crippen molar-refractivity contribution in [2.45, 2.75) is 206 Å². The van der Waals surface area contributed by atoms with Crippen molar-refractivity contribution in [3.63, 3.8) is 0 Å². The van der Waals surface area contributed by atoms with Crippen molar-refractivity contribution < 1.29 is 47.5 Å². The minimum atomic E-state index is -4.72. The second-order valence-corrected chi connectivity index (χ2v) is 16.3. The number of nitrogens with two attached hydrogens (primary N) is 1. The summed E-state index contributed by atoms with van der Waals surface area (Å²) in [5, 5.41) is 8.89. The van der Waals surface area contributed by atoms with E-state index in [1.54, 1.807) is 0 Å². The Balaban J connectivity index is 4.37. The van der Waals surface area contributed by atoms with Crippen molar-refractivity contribution in [3.8, 4) is 0 Å². The van der Waals surface area contributed by atoms with E-state index in [4.69, 9.17) is 24.8 Å². The van der Waals surface area contributed by atoms with Crippen LogP contribution in [0.2, 0.25) is 0 Å². The molecule has 0 radical (unpaired) electrons. The first-order valence-electron chi connectivity index (χ1n) is 22.0. The second-order valence-electron chi connectivity index (χ2n) is 14.8. The molecule has 0 heterocycles. The Hall–Kier alpha value is -2.30. The molecule has 1 unspecified atom stereocenters. The molecular weight excluding hydrogens is 733 g/mol. The molecule has 0 rings (SSSR count). The lowest BCUT2D eigenvalue weighted by atomic mass is 10.1. The number of allylic oxidation sites excluding steroid dienone is 6. The molecule has 0 aliphatic rings. The first-order chi connectivity index (χ1) is 27.1. The van der Waals surface area contributed by atoms with Gasteiger partial charge in [0.25, 0.3) is 0 Å². The lowest BCUT2D eigenvalue weighted by Crippen LogP contribution is -2.34. The average molecular weight is 814 g/mol. The van der Waals surface area contributed by atoms with Crippen LogP contribution in [0, 0.1) is 0 Å². The number of ether oxygens (including phenoxy) is 2. The number of carbonyl (C=O) groups excluding carboxylic acids is 2. The molecule has 0 saturated heterocycles. The molecule has 0 aromatic heterocycles. The lowest BCUT2D eigenvalue weighted by molar-refractivity contribution is -0.161. The van der Waals surface area contributed by atoms with Gasteiger partial charge in [-0.15, -0.1) is 0 Å². The van der Waals surface area contributed by atoms with Crippen LogP contribution in [-0.2, 0) is 37.5 Å². The number of aliphatic carboxylic acids is 1. The molecule has 12 heteroatoms. The zero-order valence-electron chi connectivity index (χ0n) is 35.2. The SMILES string of the molecule is CCCCC/C=C\C/C=C\CCCCCCCCCC(=O)O[C@H](COC(=O)CCCCCCCCC/C=C\CCCCCC)COP(=O)(O)OC[C@H](N)C(=O)O. The third-order valence-electron chi connectivity index (χ3n) is 9.36. The minimum absolute atomic E-state index is 0.152. The lowest BCUT2D eigenvalue weighted by Gasteiger charge is -2.20. The van der Waals surface area contributed by atoms with Gasteiger partial charge in [0, 0.05) is 12.8 Å². The maximum Gasteiger partial charge on any atom is 0.472 e. The number of rotatable bonds is 41. The molecule has 3 atom stereocenters.